The average Bonchev–Trinajstić information content (AvgIpc) is 2.68. The Kier molecular flexibility index (Phi) is 2.46. The topological polar surface area (TPSA) is 76.6 Å². The molecular formula is C8H9N5O. The summed E-state index contributed by atoms with van der Waals surface area (Å²) in [5.74, 6) is 1.21. The van der Waals surface area contributed by atoms with Crippen molar-refractivity contribution in [1.29, 1.82) is 0 Å². The lowest BCUT2D eigenvalue weighted by Gasteiger charge is -1.90. The summed E-state index contributed by atoms with van der Waals surface area (Å²) in [5.41, 5.74) is 0.645. The summed E-state index contributed by atoms with van der Waals surface area (Å²) >= 11 is 0. The van der Waals surface area contributed by atoms with E-state index in [9.17, 15) is 0 Å². The van der Waals surface area contributed by atoms with E-state index in [1.807, 2.05) is 0 Å². The zero-order valence-corrected chi connectivity index (χ0v) is 7.64. The van der Waals surface area contributed by atoms with Gasteiger partial charge in [0.1, 0.15) is 12.3 Å². The lowest BCUT2D eigenvalue weighted by atomic mass is 10.4. The van der Waals surface area contributed by atoms with Crippen molar-refractivity contribution in [2.45, 2.75) is 6.61 Å². The van der Waals surface area contributed by atoms with Gasteiger partial charge in [-0.2, -0.15) is 5.10 Å². The quantitative estimate of drug-likeness (QED) is 0.760. The van der Waals surface area contributed by atoms with Crippen LogP contribution in [0.3, 0.4) is 0 Å². The lowest BCUT2D eigenvalue weighted by molar-refractivity contribution is 0.178. The molecule has 14 heavy (non-hydrogen) atoms. The van der Waals surface area contributed by atoms with Crippen molar-refractivity contribution in [3.05, 3.63) is 24.4 Å². The molecule has 2 heterocycles. The Hall–Kier alpha value is -1.82. The first kappa shape index (κ1) is 8.76. The maximum atomic E-state index is 4.91. The molecule has 0 unspecified atom stereocenters. The molecule has 0 aliphatic heterocycles. The normalized spacial score (nSPS) is 10.4. The Morgan fingerprint density at radius 1 is 1.43 bits per heavy atom. The first-order valence-corrected chi connectivity index (χ1v) is 4.07. The van der Waals surface area contributed by atoms with Gasteiger partial charge < -0.3 is 4.74 Å². The largest absolute Gasteiger partial charge is 0.377 e. The van der Waals surface area contributed by atoms with Crippen LogP contribution in [0.1, 0.15) is 5.82 Å². The van der Waals surface area contributed by atoms with Crippen LogP contribution >= 0.6 is 0 Å². The van der Waals surface area contributed by atoms with Crippen molar-refractivity contribution in [3.8, 4) is 11.5 Å². The maximum Gasteiger partial charge on any atom is 0.201 e. The van der Waals surface area contributed by atoms with Crippen LogP contribution in [0.4, 0.5) is 0 Å². The smallest absolute Gasteiger partial charge is 0.201 e. The minimum atomic E-state index is 0.410. The minimum absolute atomic E-state index is 0.410. The van der Waals surface area contributed by atoms with Crippen LogP contribution in [0.25, 0.3) is 11.5 Å². The molecule has 0 atom stereocenters. The van der Waals surface area contributed by atoms with E-state index in [-0.39, 0.29) is 0 Å². The third-order valence-corrected chi connectivity index (χ3v) is 1.61. The van der Waals surface area contributed by atoms with Gasteiger partial charge in [-0.25, -0.2) is 9.97 Å². The highest BCUT2D eigenvalue weighted by atomic mass is 16.5. The highest BCUT2D eigenvalue weighted by molar-refractivity contribution is 5.45. The van der Waals surface area contributed by atoms with Crippen LogP contribution in [0.2, 0.25) is 0 Å². The third-order valence-electron chi connectivity index (χ3n) is 1.61. The zero-order chi connectivity index (χ0) is 9.80. The molecule has 2 aromatic heterocycles. The molecule has 0 amide bonds. The van der Waals surface area contributed by atoms with E-state index >= 15 is 0 Å². The Morgan fingerprint density at radius 3 is 3.07 bits per heavy atom. The molecule has 2 rings (SSSR count). The number of nitrogens with one attached hydrogen (secondary N) is 1. The molecule has 0 bridgehead atoms. The Labute approximate surface area is 80.4 Å². The zero-order valence-electron chi connectivity index (χ0n) is 7.64. The van der Waals surface area contributed by atoms with Gasteiger partial charge in [0.15, 0.2) is 5.82 Å². The summed E-state index contributed by atoms with van der Waals surface area (Å²) in [6, 6.07) is 0. The summed E-state index contributed by atoms with van der Waals surface area (Å²) in [7, 11) is 1.60. The Balaban J connectivity index is 2.25. The molecule has 6 nitrogen and oxygen atoms in total. The summed E-state index contributed by atoms with van der Waals surface area (Å²) in [6.07, 6.45) is 4.81. The number of H-pyrrole nitrogens is 1. The summed E-state index contributed by atoms with van der Waals surface area (Å²) in [4.78, 5) is 12.2. The molecule has 0 fully saturated rings. The fraction of sp³-hybridized carbons (Fsp3) is 0.250. The van der Waals surface area contributed by atoms with Crippen molar-refractivity contribution in [2.75, 3.05) is 7.11 Å². The van der Waals surface area contributed by atoms with Gasteiger partial charge in [0.25, 0.3) is 0 Å². The number of methoxy groups -OCH3 is 1. The molecule has 0 aliphatic rings. The van der Waals surface area contributed by atoms with Gasteiger partial charge in [-0.1, -0.05) is 0 Å². The second kappa shape index (κ2) is 3.93. The molecule has 0 aliphatic carbocycles. The first-order valence-electron chi connectivity index (χ1n) is 4.07. The fourth-order valence-electron chi connectivity index (χ4n) is 1.03. The van der Waals surface area contributed by atoms with Gasteiger partial charge in [0.2, 0.25) is 5.82 Å². The molecule has 1 N–H and O–H groups in total. The second-order valence-corrected chi connectivity index (χ2v) is 2.63. The summed E-state index contributed by atoms with van der Waals surface area (Å²) < 4.78 is 4.91. The molecule has 0 saturated heterocycles. The number of aromatic amines is 1. The van der Waals surface area contributed by atoms with Crippen molar-refractivity contribution >= 4 is 0 Å². The van der Waals surface area contributed by atoms with Crippen LogP contribution in [0, 0.1) is 0 Å². The number of hydrogen-bond acceptors (Lipinski definition) is 5. The van der Waals surface area contributed by atoms with Gasteiger partial charge in [0.05, 0.1) is 6.20 Å². The van der Waals surface area contributed by atoms with Crippen molar-refractivity contribution in [1.82, 2.24) is 25.1 Å². The number of hydrogen-bond donors (Lipinski definition) is 1. The number of aromatic nitrogens is 5. The minimum Gasteiger partial charge on any atom is -0.377 e. The maximum absolute atomic E-state index is 4.91. The van der Waals surface area contributed by atoms with Crippen LogP contribution < -0.4 is 0 Å². The monoisotopic (exact) mass is 191 g/mol. The van der Waals surface area contributed by atoms with Crippen molar-refractivity contribution in [3.63, 3.8) is 0 Å². The van der Waals surface area contributed by atoms with E-state index in [0.29, 0.717) is 23.9 Å². The predicted molar refractivity (Wildman–Crippen MR) is 48.1 cm³/mol. The van der Waals surface area contributed by atoms with Crippen LogP contribution in [0.15, 0.2) is 18.6 Å². The summed E-state index contributed by atoms with van der Waals surface area (Å²) in [6.45, 7) is 0.410. The second-order valence-electron chi connectivity index (χ2n) is 2.63. The standard InChI is InChI=1S/C8H9N5O/c1-14-5-7-11-8(13-12-7)6-4-9-2-3-10-6/h2-4H,5H2,1H3,(H,11,12,13). The van der Waals surface area contributed by atoms with Crippen LogP contribution in [-0.2, 0) is 11.3 Å². The molecule has 6 heteroatoms. The van der Waals surface area contributed by atoms with Crippen LogP contribution in [-0.4, -0.2) is 32.3 Å². The predicted octanol–water partition coefficient (Wildman–Crippen LogP) is 0.408. The van der Waals surface area contributed by atoms with E-state index in [4.69, 9.17) is 4.74 Å². The number of ether oxygens (including phenoxy) is 1. The highest BCUT2D eigenvalue weighted by Crippen LogP contribution is 2.08. The molecule has 0 radical (unpaired) electrons. The summed E-state index contributed by atoms with van der Waals surface area (Å²) in [5, 5.41) is 6.74. The fourth-order valence-corrected chi connectivity index (χ4v) is 1.03. The van der Waals surface area contributed by atoms with E-state index < -0.39 is 0 Å². The first-order chi connectivity index (χ1) is 6.90. The highest BCUT2D eigenvalue weighted by Gasteiger charge is 2.05. The Morgan fingerprint density at radius 2 is 2.36 bits per heavy atom. The van der Waals surface area contributed by atoms with E-state index in [1.165, 1.54) is 0 Å². The van der Waals surface area contributed by atoms with Crippen molar-refractivity contribution in [2.24, 2.45) is 0 Å². The average molecular weight is 191 g/mol. The Bertz CT molecular complexity index is 399. The SMILES string of the molecule is COCc1nc(-c2cnccn2)n[nH]1. The van der Waals surface area contributed by atoms with Crippen molar-refractivity contribution < 1.29 is 4.74 Å². The third kappa shape index (κ3) is 1.74. The van der Waals surface area contributed by atoms with Gasteiger partial charge in [-0.05, 0) is 0 Å². The molecule has 0 aromatic carbocycles. The van der Waals surface area contributed by atoms with Gasteiger partial charge in [-0.3, -0.25) is 10.1 Å². The molecule has 72 valence electrons. The van der Waals surface area contributed by atoms with Gasteiger partial charge in [0, 0.05) is 19.5 Å². The number of nitrogens with zero attached hydrogens (tertiary/aromatic N) is 4. The van der Waals surface area contributed by atoms with Gasteiger partial charge in [-0.15, -0.1) is 0 Å². The van der Waals surface area contributed by atoms with Gasteiger partial charge >= 0.3 is 0 Å². The molecular weight excluding hydrogens is 182 g/mol. The lowest BCUT2D eigenvalue weighted by Crippen LogP contribution is -1.90. The van der Waals surface area contributed by atoms with E-state index in [1.54, 1.807) is 25.7 Å². The van der Waals surface area contributed by atoms with E-state index in [2.05, 4.69) is 25.1 Å². The molecule has 0 spiro atoms. The van der Waals surface area contributed by atoms with E-state index in [0.717, 1.165) is 0 Å². The van der Waals surface area contributed by atoms with Crippen LogP contribution in [0.5, 0.6) is 0 Å². The number of rotatable bonds is 3. The molecule has 0 saturated carbocycles. The molecule has 2 aromatic rings.